The topological polar surface area (TPSA) is 141 Å². The summed E-state index contributed by atoms with van der Waals surface area (Å²) in [7, 11) is 1.55. The van der Waals surface area contributed by atoms with E-state index in [4.69, 9.17) is 18.9 Å². The molecule has 2 aromatic carbocycles. The number of alkyl carbamates (subject to hydrolysis) is 1. The van der Waals surface area contributed by atoms with E-state index in [1.54, 1.807) is 97.2 Å². The zero-order chi connectivity index (χ0) is 30.6. The first kappa shape index (κ1) is 33.2. The number of hydrogen-bond acceptors (Lipinski definition) is 8. The van der Waals surface area contributed by atoms with Gasteiger partial charge in [0.1, 0.15) is 23.9 Å². The molecule has 224 valence electrons. The molecular formula is C30H41N3O8. The van der Waals surface area contributed by atoms with Crippen LogP contribution in [0.25, 0.3) is 0 Å². The molecule has 0 aliphatic carbocycles. The Balaban J connectivity index is 2.09. The van der Waals surface area contributed by atoms with E-state index in [1.165, 1.54) is 0 Å². The van der Waals surface area contributed by atoms with Crippen molar-refractivity contribution in [2.24, 2.45) is 0 Å². The Morgan fingerprint density at radius 1 is 0.756 bits per heavy atom. The van der Waals surface area contributed by atoms with Gasteiger partial charge in [-0.1, -0.05) is 12.1 Å². The summed E-state index contributed by atoms with van der Waals surface area (Å²) in [5.41, 5.74) is 0.679. The van der Waals surface area contributed by atoms with E-state index in [1.807, 2.05) is 0 Å². The summed E-state index contributed by atoms with van der Waals surface area (Å²) >= 11 is 0. The van der Waals surface area contributed by atoms with Gasteiger partial charge in [0.15, 0.2) is 0 Å². The molecule has 0 aromatic heterocycles. The van der Waals surface area contributed by atoms with Crippen molar-refractivity contribution >= 4 is 35.3 Å². The molecule has 11 nitrogen and oxygen atoms in total. The monoisotopic (exact) mass is 571 g/mol. The fraction of sp³-hybridized carbons (Fsp3) is 0.467. The average molecular weight is 572 g/mol. The standard InChI is InChI=1S/C30H41N3O8/c1-29(2,3)40-27(36)21-10-14-23(15-11-21)32-26(35)24(33-28(37)41-30(4,5)6)18-20-8-12-22(13-9-20)31-25(34)19-39-17-16-38-7/h8-15,24H,16-19H2,1-7H3,(H,31,34)(H,32,35)(H,33,37)/t24-/m0/s1. The lowest BCUT2D eigenvalue weighted by atomic mass is 10.0. The van der Waals surface area contributed by atoms with Gasteiger partial charge >= 0.3 is 12.1 Å². The van der Waals surface area contributed by atoms with Crippen molar-refractivity contribution in [1.82, 2.24) is 5.32 Å². The number of esters is 1. The second-order valence-corrected chi connectivity index (χ2v) is 11.3. The minimum absolute atomic E-state index is 0.105. The van der Waals surface area contributed by atoms with E-state index in [2.05, 4.69) is 16.0 Å². The molecule has 0 unspecified atom stereocenters. The van der Waals surface area contributed by atoms with E-state index in [0.29, 0.717) is 30.2 Å². The second kappa shape index (κ2) is 15.2. The maximum Gasteiger partial charge on any atom is 0.408 e. The third kappa shape index (κ3) is 13.3. The quantitative estimate of drug-likeness (QED) is 0.253. The molecule has 1 atom stereocenters. The summed E-state index contributed by atoms with van der Waals surface area (Å²) in [6.07, 6.45) is -0.592. The fourth-order valence-corrected chi connectivity index (χ4v) is 3.38. The van der Waals surface area contributed by atoms with Crippen LogP contribution in [0.15, 0.2) is 48.5 Å². The van der Waals surface area contributed by atoms with E-state index in [-0.39, 0.29) is 18.9 Å². The number of carbonyl (C=O) groups excluding carboxylic acids is 4. The summed E-state index contributed by atoms with van der Waals surface area (Å²) in [5.74, 6) is -1.26. The number of methoxy groups -OCH3 is 1. The fourth-order valence-electron chi connectivity index (χ4n) is 3.38. The predicted molar refractivity (Wildman–Crippen MR) is 155 cm³/mol. The number of rotatable bonds is 12. The number of benzene rings is 2. The smallest absolute Gasteiger partial charge is 0.408 e. The lowest BCUT2D eigenvalue weighted by Crippen LogP contribution is -2.47. The van der Waals surface area contributed by atoms with Crippen molar-refractivity contribution in [2.75, 3.05) is 37.6 Å². The largest absolute Gasteiger partial charge is 0.456 e. The molecule has 2 aromatic rings. The molecule has 0 fully saturated rings. The van der Waals surface area contributed by atoms with Gasteiger partial charge < -0.3 is 34.9 Å². The SMILES string of the molecule is COCCOCC(=O)Nc1ccc(C[C@H](NC(=O)OC(C)(C)C)C(=O)Nc2ccc(C(=O)OC(C)(C)C)cc2)cc1. The Hall–Kier alpha value is -3.96. The van der Waals surface area contributed by atoms with Crippen LogP contribution in [0.5, 0.6) is 0 Å². The van der Waals surface area contributed by atoms with Gasteiger partial charge in [0.2, 0.25) is 11.8 Å². The van der Waals surface area contributed by atoms with Crippen LogP contribution in [0.3, 0.4) is 0 Å². The highest BCUT2D eigenvalue weighted by Gasteiger charge is 2.25. The van der Waals surface area contributed by atoms with Crippen molar-refractivity contribution in [3.05, 3.63) is 59.7 Å². The second-order valence-electron chi connectivity index (χ2n) is 11.3. The predicted octanol–water partition coefficient (Wildman–Crippen LogP) is 4.32. The van der Waals surface area contributed by atoms with E-state index in [0.717, 1.165) is 5.56 Å². The Bertz CT molecular complexity index is 1170. The molecule has 3 N–H and O–H groups in total. The molecular weight excluding hydrogens is 530 g/mol. The molecule has 0 radical (unpaired) electrons. The van der Waals surface area contributed by atoms with Crippen LogP contribution in [0.4, 0.5) is 16.2 Å². The van der Waals surface area contributed by atoms with Gasteiger partial charge in [0, 0.05) is 24.9 Å². The highest BCUT2D eigenvalue weighted by Crippen LogP contribution is 2.17. The first-order valence-electron chi connectivity index (χ1n) is 13.2. The van der Waals surface area contributed by atoms with Gasteiger partial charge in [-0.25, -0.2) is 9.59 Å². The van der Waals surface area contributed by atoms with Crippen LogP contribution in [0.1, 0.15) is 57.5 Å². The van der Waals surface area contributed by atoms with E-state index < -0.39 is 35.2 Å². The van der Waals surface area contributed by atoms with Crippen LogP contribution in [-0.2, 0) is 35.0 Å². The first-order valence-corrected chi connectivity index (χ1v) is 13.2. The molecule has 2 rings (SSSR count). The Labute approximate surface area is 241 Å². The van der Waals surface area contributed by atoms with E-state index >= 15 is 0 Å². The van der Waals surface area contributed by atoms with E-state index in [9.17, 15) is 19.2 Å². The van der Waals surface area contributed by atoms with Crippen molar-refractivity contribution < 1.29 is 38.1 Å². The van der Waals surface area contributed by atoms with Crippen LogP contribution < -0.4 is 16.0 Å². The van der Waals surface area contributed by atoms with Gasteiger partial charge in [-0.15, -0.1) is 0 Å². The molecule has 11 heteroatoms. The lowest BCUT2D eigenvalue weighted by Gasteiger charge is -2.23. The highest BCUT2D eigenvalue weighted by molar-refractivity contribution is 5.97. The number of hydrogen-bond donors (Lipinski definition) is 3. The van der Waals surface area contributed by atoms with Gasteiger partial charge in [-0.2, -0.15) is 0 Å². The molecule has 0 saturated heterocycles. The van der Waals surface area contributed by atoms with Crippen LogP contribution in [0.2, 0.25) is 0 Å². The minimum Gasteiger partial charge on any atom is -0.456 e. The molecule has 0 aliphatic heterocycles. The van der Waals surface area contributed by atoms with Crippen molar-refractivity contribution in [3.63, 3.8) is 0 Å². The van der Waals surface area contributed by atoms with Gasteiger partial charge in [0.05, 0.1) is 18.8 Å². The maximum absolute atomic E-state index is 13.2. The first-order chi connectivity index (χ1) is 19.1. The average Bonchev–Trinajstić information content (AvgIpc) is 2.85. The van der Waals surface area contributed by atoms with Gasteiger partial charge in [-0.05, 0) is 83.5 Å². The summed E-state index contributed by atoms with van der Waals surface area (Å²) in [5, 5.41) is 8.13. The maximum atomic E-state index is 13.2. The Morgan fingerprint density at radius 2 is 1.32 bits per heavy atom. The molecule has 0 heterocycles. The molecule has 41 heavy (non-hydrogen) atoms. The van der Waals surface area contributed by atoms with Crippen LogP contribution in [0, 0.1) is 0 Å². The summed E-state index contributed by atoms with van der Waals surface area (Å²) < 4.78 is 20.8. The Morgan fingerprint density at radius 3 is 1.88 bits per heavy atom. The normalized spacial score (nSPS) is 12.2. The van der Waals surface area contributed by atoms with Crippen molar-refractivity contribution in [3.8, 4) is 0 Å². The summed E-state index contributed by atoms with van der Waals surface area (Å²) in [6, 6.07) is 12.2. The molecule has 0 bridgehead atoms. The van der Waals surface area contributed by atoms with Gasteiger partial charge in [-0.3, -0.25) is 9.59 Å². The molecule has 3 amide bonds. The van der Waals surface area contributed by atoms with Gasteiger partial charge in [0.25, 0.3) is 0 Å². The summed E-state index contributed by atoms with van der Waals surface area (Å²) in [6.45, 7) is 11.1. The zero-order valence-electron chi connectivity index (χ0n) is 24.8. The number of ether oxygens (including phenoxy) is 4. The van der Waals surface area contributed by atoms with Crippen LogP contribution in [-0.4, -0.2) is 68.1 Å². The molecule has 0 aliphatic rings. The number of anilines is 2. The third-order valence-electron chi connectivity index (χ3n) is 5.14. The number of nitrogens with one attached hydrogen (secondary N) is 3. The lowest BCUT2D eigenvalue weighted by molar-refractivity contribution is -0.121. The third-order valence-corrected chi connectivity index (χ3v) is 5.14. The number of carbonyl (C=O) groups is 4. The molecule has 0 saturated carbocycles. The Kier molecular flexibility index (Phi) is 12.3. The number of amides is 3. The van der Waals surface area contributed by atoms with Crippen LogP contribution >= 0.6 is 0 Å². The zero-order valence-corrected chi connectivity index (χ0v) is 24.8. The minimum atomic E-state index is -0.981. The molecule has 0 spiro atoms. The summed E-state index contributed by atoms with van der Waals surface area (Å²) in [4.78, 5) is 50.1. The van der Waals surface area contributed by atoms with Crippen molar-refractivity contribution in [1.29, 1.82) is 0 Å². The van der Waals surface area contributed by atoms with Crippen molar-refractivity contribution in [2.45, 2.75) is 65.2 Å². The highest BCUT2D eigenvalue weighted by atomic mass is 16.6.